The van der Waals surface area contributed by atoms with Crippen LogP contribution >= 0.6 is 0 Å². The van der Waals surface area contributed by atoms with E-state index in [4.69, 9.17) is 5.11 Å². The van der Waals surface area contributed by atoms with Gasteiger partial charge in [0.2, 0.25) is 10.0 Å². The number of benzene rings is 1. The molecule has 1 heterocycles. The molecular formula is C13H14F3NO4S. The van der Waals surface area contributed by atoms with Crippen LogP contribution in [0.25, 0.3) is 0 Å². The third-order valence-electron chi connectivity index (χ3n) is 3.51. The Hall–Kier alpha value is -1.61. The summed E-state index contributed by atoms with van der Waals surface area (Å²) in [5.74, 6) is -2.16. The van der Waals surface area contributed by atoms with Crippen LogP contribution in [0.4, 0.5) is 13.2 Å². The average molecular weight is 337 g/mol. The number of hydrogen-bond acceptors (Lipinski definition) is 3. The first kappa shape index (κ1) is 16.8. The van der Waals surface area contributed by atoms with Gasteiger partial charge < -0.3 is 5.11 Å². The van der Waals surface area contributed by atoms with Crippen molar-refractivity contribution in [2.45, 2.75) is 30.8 Å². The third kappa shape index (κ3) is 3.41. The highest BCUT2D eigenvalue weighted by Crippen LogP contribution is 2.33. The largest absolute Gasteiger partial charge is 0.480 e. The van der Waals surface area contributed by atoms with Gasteiger partial charge in [0.25, 0.3) is 0 Å². The quantitative estimate of drug-likeness (QED) is 0.913. The normalized spacial score (nSPS) is 20.2. The SMILES string of the molecule is O=C(O)[C@H]1CCCN1S(=O)(=O)Cc1ccccc1C(F)(F)F. The van der Waals surface area contributed by atoms with Crippen molar-refractivity contribution in [3.8, 4) is 0 Å². The molecule has 1 aromatic carbocycles. The molecule has 0 saturated carbocycles. The van der Waals surface area contributed by atoms with E-state index in [0.717, 1.165) is 16.4 Å². The second kappa shape index (κ2) is 5.88. The van der Waals surface area contributed by atoms with Crippen LogP contribution in [-0.2, 0) is 26.7 Å². The van der Waals surface area contributed by atoms with E-state index in [2.05, 4.69) is 0 Å². The molecule has 0 amide bonds. The fourth-order valence-electron chi connectivity index (χ4n) is 2.52. The lowest BCUT2D eigenvalue weighted by Gasteiger charge is -2.22. The standard InChI is InChI=1S/C13H14F3NO4S/c14-13(15,16)10-5-2-1-4-9(10)8-22(20,21)17-7-3-6-11(17)12(18)19/h1-2,4-5,11H,3,6-8H2,(H,18,19)/t11-/m1/s1. The Morgan fingerprint density at radius 2 is 1.95 bits per heavy atom. The maximum absolute atomic E-state index is 12.9. The second-order valence-corrected chi connectivity index (χ2v) is 6.94. The van der Waals surface area contributed by atoms with Crippen LogP contribution in [0.5, 0.6) is 0 Å². The van der Waals surface area contributed by atoms with Crippen molar-refractivity contribution < 1.29 is 31.5 Å². The first-order valence-electron chi connectivity index (χ1n) is 6.50. The third-order valence-corrected chi connectivity index (χ3v) is 5.33. The number of aliphatic carboxylic acids is 1. The van der Waals surface area contributed by atoms with Crippen LogP contribution in [0.2, 0.25) is 0 Å². The summed E-state index contributed by atoms with van der Waals surface area (Å²) in [7, 11) is -4.14. The van der Waals surface area contributed by atoms with Crippen molar-refractivity contribution >= 4 is 16.0 Å². The maximum Gasteiger partial charge on any atom is 0.416 e. The van der Waals surface area contributed by atoms with Gasteiger partial charge in [-0.15, -0.1) is 0 Å². The fraction of sp³-hybridized carbons (Fsp3) is 0.462. The highest BCUT2D eigenvalue weighted by Gasteiger charge is 2.40. The molecule has 0 unspecified atom stereocenters. The lowest BCUT2D eigenvalue weighted by molar-refractivity contribution is -0.141. The Morgan fingerprint density at radius 1 is 1.32 bits per heavy atom. The minimum absolute atomic E-state index is 0.00743. The van der Waals surface area contributed by atoms with E-state index in [1.54, 1.807) is 0 Å². The van der Waals surface area contributed by atoms with E-state index in [1.165, 1.54) is 12.1 Å². The highest BCUT2D eigenvalue weighted by atomic mass is 32.2. The molecule has 5 nitrogen and oxygen atoms in total. The molecule has 1 aliphatic heterocycles. The number of carbonyl (C=O) groups is 1. The van der Waals surface area contributed by atoms with E-state index >= 15 is 0 Å². The summed E-state index contributed by atoms with van der Waals surface area (Å²) < 4.78 is 64.1. The number of carboxylic acids is 1. The molecule has 0 radical (unpaired) electrons. The Balaban J connectivity index is 2.32. The van der Waals surface area contributed by atoms with Gasteiger partial charge in [0.05, 0.1) is 11.3 Å². The lowest BCUT2D eigenvalue weighted by Crippen LogP contribution is -2.41. The van der Waals surface area contributed by atoms with Gasteiger partial charge in [0.15, 0.2) is 0 Å². The molecule has 0 aromatic heterocycles. The molecule has 9 heteroatoms. The molecule has 1 fully saturated rings. The zero-order chi connectivity index (χ0) is 16.5. The Kier molecular flexibility index (Phi) is 4.48. The van der Waals surface area contributed by atoms with Crippen LogP contribution in [0.3, 0.4) is 0 Å². The molecule has 0 aliphatic carbocycles. The Morgan fingerprint density at radius 3 is 2.55 bits per heavy atom. The number of carboxylic acid groups (broad SMARTS) is 1. The van der Waals surface area contributed by atoms with E-state index in [-0.39, 0.29) is 18.5 Å². The van der Waals surface area contributed by atoms with Crippen molar-refractivity contribution in [2.75, 3.05) is 6.54 Å². The second-order valence-electron chi connectivity index (χ2n) is 5.02. The van der Waals surface area contributed by atoms with Gasteiger partial charge in [0.1, 0.15) is 6.04 Å². The van der Waals surface area contributed by atoms with E-state index in [1.807, 2.05) is 0 Å². The number of sulfonamides is 1. The number of hydrogen-bond donors (Lipinski definition) is 1. The predicted octanol–water partition coefficient (Wildman–Crippen LogP) is 2.08. The van der Waals surface area contributed by atoms with Crippen molar-refractivity contribution in [3.05, 3.63) is 35.4 Å². The lowest BCUT2D eigenvalue weighted by atomic mass is 10.1. The van der Waals surface area contributed by atoms with Gasteiger partial charge in [-0.05, 0) is 24.5 Å². The molecule has 0 bridgehead atoms. The first-order chi connectivity index (χ1) is 10.1. The topological polar surface area (TPSA) is 74.7 Å². The monoisotopic (exact) mass is 337 g/mol. The number of rotatable bonds is 4. The number of nitrogens with zero attached hydrogens (tertiary/aromatic N) is 1. The summed E-state index contributed by atoms with van der Waals surface area (Å²) >= 11 is 0. The molecule has 1 aliphatic rings. The van der Waals surface area contributed by atoms with Crippen molar-refractivity contribution in [1.82, 2.24) is 4.31 Å². The van der Waals surface area contributed by atoms with E-state index in [0.29, 0.717) is 6.42 Å². The van der Waals surface area contributed by atoms with Crippen molar-refractivity contribution in [2.24, 2.45) is 0 Å². The van der Waals surface area contributed by atoms with Crippen LogP contribution in [-0.4, -0.2) is 36.4 Å². The summed E-state index contributed by atoms with van der Waals surface area (Å²) in [6, 6.07) is 3.19. The summed E-state index contributed by atoms with van der Waals surface area (Å²) in [6.07, 6.45) is -4.13. The van der Waals surface area contributed by atoms with Gasteiger partial charge in [-0.25, -0.2) is 8.42 Å². The van der Waals surface area contributed by atoms with Gasteiger partial charge in [0, 0.05) is 6.54 Å². The van der Waals surface area contributed by atoms with Crippen LogP contribution < -0.4 is 0 Å². The Labute approximate surface area is 125 Å². The van der Waals surface area contributed by atoms with Crippen LogP contribution in [0.15, 0.2) is 24.3 Å². The zero-order valence-electron chi connectivity index (χ0n) is 11.4. The Bertz CT molecular complexity index is 672. The number of halogens is 3. The molecule has 122 valence electrons. The van der Waals surface area contributed by atoms with Crippen molar-refractivity contribution in [3.63, 3.8) is 0 Å². The smallest absolute Gasteiger partial charge is 0.416 e. The molecule has 1 aromatic rings. The fourth-order valence-corrected chi connectivity index (χ4v) is 4.32. The minimum atomic E-state index is -4.66. The zero-order valence-corrected chi connectivity index (χ0v) is 12.2. The summed E-state index contributed by atoms with van der Waals surface area (Å²) in [6.45, 7) is 0.00743. The van der Waals surface area contributed by atoms with Crippen LogP contribution in [0, 0.1) is 0 Å². The molecule has 1 N–H and O–H groups in total. The maximum atomic E-state index is 12.9. The molecule has 1 atom stereocenters. The molecular weight excluding hydrogens is 323 g/mol. The van der Waals surface area contributed by atoms with E-state index < -0.39 is 39.5 Å². The molecule has 22 heavy (non-hydrogen) atoms. The molecule has 2 rings (SSSR count). The van der Waals surface area contributed by atoms with E-state index in [9.17, 15) is 26.4 Å². The summed E-state index contributed by atoms with van der Waals surface area (Å²) in [4.78, 5) is 11.1. The predicted molar refractivity (Wildman–Crippen MR) is 71.4 cm³/mol. The van der Waals surface area contributed by atoms with Crippen LogP contribution in [0.1, 0.15) is 24.0 Å². The summed E-state index contributed by atoms with van der Waals surface area (Å²) in [5, 5.41) is 9.01. The van der Waals surface area contributed by atoms with Gasteiger partial charge in [-0.2, -0.15) is 17.5 Å². The highest BCUT2D eigenvalue weighted by molar-refractivity contribution is 7.88. The summed E-state index contributed by atoms with van der Waals surface area (Å²) in [5.41, 5.74) is -1.41. The number of alkyl halides is 3. The minimum Gasteiger partial charge on any atom is -0.480 e. The molecule has 0 spiro atoms. The van der Waals surface area contributed by atoms with Gasteiger partial charge in [-0.1, -0.05) is 18.2 Å². The average Bonchev–Trinajstić information content (AvgIpc) is 2.87. The van der Waals surface area contributed by atoms with Gasteiger partial charge in [-0.3, -0.25) is 4.79 Å². The van der Waals surface area contributed by atoms with Crippen molar-refractivity contribution in [1.29, 1.82) is 0 Å². The molecule has 1 saturated heterocycles. The van der Waals surface area contributed by atoms with Gasteiger partial charge >= 0.3 is 12.1 Å². The first-order valence-corrected chi connectivity index (χ1v) is 8.11.